The highest BCUT2D eigenvalue weighted by Crippen LogP contribution is 2.36. The van der Waals surface area contributed by atoms with Gasteiger partial charge in [-0.3, -0.25) is 0 Å². The van der Waals surface area contributed by atoms with Gasteiger partial charge in [0.2, 0.25) is 0 Å². The summed E-state index contributed by atoms with van der Waals surface area (Å²) in [6, 6.07) is 16.8. The van der Waals surface area contributed by atoms with Gasteiger partial charge in [0.15, 0.2) is 5.65 Å². The van der Waals surface area contributed by atoms with Gasteiger partial charge in [-0.25, -0.2) is 22.2 Å². The number of nitrogens with zero attached hydrogens (tertiary/aromatic N) is 5. The number of ether oxygens (including phenoxy) is 1. The van der Waals surface area contributed by atoms with E-state index in [4.69, 9.17) is 15.6 Å². The van der Waals surface area contributed by atoms with Crippen LogP contribution in [0.2, 0.25) is 0 Å². The third-order valence-electron chi connectivity index (χ3n) is 5.40. The van der Waals surface area contributed by atoms with Crippen LogP contribution in [0.5, 0.6) is 11.5 Å². The number of alkyl halides is 1. The molecule has 5 rings (SSSR count). The number of piperidine rings is 1. The predicted octanol–water partition coefficient (Wildman–Crippen LogP) is 4.80. The van der Waals surface area contributed by atoms with Gasteiger partial charge in [0.05, 0.1) is 11.4 Å². The zero-order valence-corrected chi connectivity index (χ0v) is 18.7. The number of benzene rings is 2. The molecular formula is C22H20FIN6O. The number of hydrogen-bond acceptors (Lipinski definition) is 6. The Hall–Kier alpha value is -2.79. The zero-order valence-electron chi connectivity index (χ0n) is 16.5. The summed E-state index contributed by atoms with van der Waals surface area (Å²) in [4.78, 5) is 8.53. The summed E-state index contributed by atoms with van der Waals surface area (Å²) >= 11 is 2.16. The van der Waals surface area contributed by atoms with Gasteiger partial charge in [-0.15, -0.1) is 0 Å². The van der Waals surface area contributed by atoms with Crippen LogP contribution in [0.1, 0.15) is 12.5 Å². The van der Waals surface area contributed by atoms with Crippen molar-refractivity contribution in [2.45, 2.75) is 18.6 Å². The van der Waals surface area contributed by atoms with Crippen molar-refractivity contribution in [2.24, 2.45) is 0 Å². The summed E-state index contributed by atoms with van der Waals surface area (Å²) in [6.07, 6.45) is 1.00. The van der Waals surface area contributed by atoms with E-state index in [1.807, 2.05) is 57.7 Å². The van der Waals surface area contributed by atoms with Crippen LogP contribution >= 0.6 is 22.9 Å². The first-order valence-corrected chi connectivity index (χ1v) is 10.9. The molecule has 0 amide bonds. The minimum Gasteiger partial charge on any atom is -0.457 e. The fraction of sp³-hybridized carbons (Fsp3) is 0.227. The minimum absolute atomic E-state index is 0.331. The van der Waals surface area contributed by atoms with E-state index < -0.39 is 12.2 Å². The first kappa shape index (κ1) is 20.1. The molecule has 0 radical (unpaired) electrons. The van der Waals surface area contributed by atoms with Gasteiger partial charge >= 0.3 is 0 Å². The van der Waals surface area contributed by atoms with Crippen LogP contribution in [0.4, 0.5) is 10.2 Å². The second-order valence-corrected chi connectivity index (χ2v) is 8.80. The van der Waals surface area contributed by atoms with E-state index in [9.17, 15) is 4.39 Å². The molecule has 0 spiro atoms. The van der Waals surface area contributed by atoms with E-state index in [0.29, 0.717) is 41.3 Å². The Morgan fingerprint density at radius 2 is 1.77 bits per heavy atom. The molecular weight excluding hydrogens is 510 g/mol. The normalized spacial score (nSPS) is 19.5. The Balaban J connectivity index is 1.53. The Morgan fingerprint density at radius 1 is 1.03 bits per heavy atom. The average molecular weight is 530 g/mol. The Labute approximate surface area is 192 Å². The standard InChI is InChI=1S/C22H20FIN6O/c23-17-12-29(24)11-10-18(17)30-22-19(21(25)26-13-27-22)20(28-30)14-6-8-16(9-7-14)31-15-4-2-1-3-5-15/h1-9,13,17-18H,10-12H2,(H2,25,26,27)/t17-,18-/m1/s1. The van der Waals surface area contributed by atoms with Crippen molar-refractivity contribution in [3.05, 3.63) is 60.9 Å². The van der Waals surface area contributed by atoms with E-state index >= 15 is 0 Å². The van der Waals surface area contributed by atoms with Crippen molar-refractivity contribution in [1.82, 2.24) is 22.9 Å². The fourth-order valence-electron chi connectivity index (χ4n) is 3.87. The second kappa shape index (κ2) is 8.39. The molecule has 1 aliphatic heterocycles. The third kappa shape index (κ3) is 3.94. The predicted molar refractivity (Wildman–Crippen MR) is 126 cm³/mol. The zero-order chi connectivity index (χ0) is 21.4. The first-order chi connectivity index (χ1) is 15.1. The van der Waals surface area contributed by atoms with Gasteiger partial charge in [-0.2, -0.15) is 5.10 Å². The number of para-hydroxylation sites is 1. The number of nitrogens with two attached hydrogens (primary N) is 1. The molecule has 1 saturated heterocycles. The molecule has 0 aliphatic carbocycles. The summed E-state index contributed by atoms with van der Waals surface area (Å²) in [7, 11) is 0. The molecule has 2 aromatic heterocycles. The number of aromatic nitrogens is 4. The lowest BCUT2D eigenvalue weighted by Crippen LogP contribution is -2.38. The molecule has 9 heteroatoms. The summed E-state index contributed by atoms with van der Waals surface area (Å²) < 4.78 is 24.4. The number of anilines is 1. The smallest absolute Gasteiger partial charge is 0.164 e. The van der Waals surface area contributed by atoms with Gasteiger partial charge in [-0.05, 0) is 42.8 Å². The summed E-state index contributed by atoms with van der Waals surface area (Å²) in [5, 5.41) is 5.41. The molecule has 2 atom stereocenters. The largest absolute Gasteiger partial charge is 0.457 e. The van der Waals surface area contributed by atoms with E-state index in [-0.39, 0.29) is 0 Å². The van der Waals surface area contributed by atoms with Crippen LogP contribution in [-0.4, -0.2) is 42.1 Å². The molecule has 0 saturated carbocycles. The molecule has 158 valence electrons. The van der Waals surface area contributed by atoms with Crippen LogP contribution in [-0.2, 0) is 0 Å². The summed E-state index contributed by atoms with van der Waals surface area (Å²) in [5.41, 5.74) is 8.23. The lowest BCUT2D eigenvalue weighted by atomic mass is 10.1. The maximum Gasteiger partial charge on any atom is 0.164 e. The maximum atomic E-state index is 14.9. The number of rotatable bonds is 4. The maximum absolute atomic E-state index is 14.9. The summed E-state index contributed by atoms with van der Waals surface area (Å²) in [6.45, 7) is 1.14. The molecule has 2 aromatic carbocycles. The topological polar surface area (TPSA) is 82.1 Å². The highest BCUT2D eigenvalue weighted by Gasteiger charge is 2.33. The van der Waals surface area contributed by atoms with Gasteiger partial charge < -0.3 is 10.5 Å². The first-order valence-electron chi connectivity index (χ1n) is 9.97. The Kier molecular flexibility index (Phi) is 5.45. The molecule has 2 N–H and O–H groups in total. The van der Waals surface area contributed by atoms with Crippen LogP contribution in [0.15, 0.2) is 60.9 Å². The quantitative estimate of drug-likeness (QED) is 0.302. The van der Waals surface area contributed by atoms with Crippen molar-refractivity contribution >= 4 is 39.7 Å². The van der Waals surface area contributed by atoms with Crippen LogP contribution < -0.4 is 10.5 Å². The SMILES string of the molecule is Nc1ncnc2c1c(-c1ccc(Oc3ccccc3)cc1)nn2[C@@H]1CCN(I)C[C@H]1F. The highest BCUT2D eigenvalue weighted by atomic mass is 127. The molecule has 1 fully saturated rings. The molecule has 1 aliphatic rings. The molecule has 3 heterocycles. The van der Waals surface area contributed by atoms with Crippen molar-refractivity contribution in [1.29, 1.82) is 0 Å². The van der Waals surface area contributed by atoms with E-state index in [1.54, 1.807) is 4.68 Å². The Morgan fingerprint density at radius 3 is 2.52 bits per heavy atom. The van der Waals surface area contributed by atoms with E-state index in [0.717, 1.165) is 17.9 Å². The van der Waals surface area contributed by atoms with Gasteiger partial charge in [0.1, 0.15) is 35.5 Å². The second-order valence-electron chi connectivity index (χ2n) is 7.43. The molecule has 0 bridgehead atoms. The molecule has 4 aromatic rings. The number of nitrogen functional groups attached to an aromatic ring is 1. The Bertz CT molecular complexity index is 1200. The van der Waals surface area contributed by atoms with E-state index in [2.05, 4.69) is 32.8 Å². The number of halogens is 2. The minimum atomic E-state index is -1.04. The molecule has 0 unspecified atom stereocenters. The lowest BCUT2D eigenvalue weighted by molar-refractivity contribution is 0.145. The molecule has 31 heavy (non-hydrogen) atoms. The van der Waals surface area contributed by atoms with Gasteiger partial charge in [-0.1, -0.05) is 18.2 Å². The third-order valence-corrected chi connectivity index (χ3v) is 6.27. The number of fused-ring (bicyclic) bond motifs is 1. The fourth-order valence-corrected chi connectivity index (χ4v) is 4.52. The van der Waals surface area contributed by atoms with Crippen molar-refractivity contribution in [3.8, 4) is 22.8 Å². The lowest BCUT2D eigenvalue weighted by Gasteiger charge is -2.31. The molecule has 7 nitrogen and oxygen atoms in total. The van der Waals surface area contributed by atoms with Gasteiger partial charge in [0, 0.05) is 41.5 Å². The van der Waals surface area contributed by atoms with E-state index in [1.165, 1.54) is 6.33 Å². The number of hydrogen-bond donors (Lipinski definition) is 1. The average Bonchev–Trinajstić information content (AvgIpc) is 3.16. The van der Waals surface area contributed by atoms with Crippen LogP contribution in [0, 0.1) is 0 Å². The summed E-state index contributed by atoms with van der Waals surface area (Å²) in [5.74, 6) is 1.80. The van der Waals surface area contributed by atoms with Crippen molar-refractivity contribution in [2.75, 3.05) is 18.8 Å². The highest BCUT2D eigenvalue weighted by molar-refractivity contribution is 14.1. The van der Waals surface area contributed by atoms with Crippen molar-refractivity contribution in [3.63, 3.8) is 0 Å². The van der Waals surface area contributed by atoms with Crippen LogP contribution in [0.3, 0.4) is 0 Å². The van der Waals surface area contributed by atoms with Crippen molar-refractivity contribution < 1.29 is 9.13 Å². The monoisotopic (exact) mass is 530 g/mol. The van der Waals surface area contributed by atoms with Crippen LogP contribution in [0.25, 0.3) is 22.3 Å². The van der Waals surface area contributed by atoms with Gasteiger partial charge in [0.25, 0.3) is 0 Å².